The number of anilines is 2. The molecule has 0 aliphatic rings. The van der Waals surface area contributed by atoms with E-state index in [1.54, 1.807) is 17.5 Å². The summed E-state index contributed by atoms with van der Waals surface area (Å²) in [4.78, 5) is 28.6. The molecule has 0 radical (unpaired) electrons. The summed E-state index contributed by atoms with van der Waals surface area (Å²) < 4.78 is 32.3. The van der Waals surface area contributed by atoms with Crippen LogP contribution in [-0.4, -0.2) is 32.2 Å². The Bertz CT molecular complexity index is 1170. The zero-order chi connectivity index (χ0) is 22.4. The summed E-state index contributed by atoms with van der Waals surface area (Å²) in [5, 5.41) is 4.60. The van der Waals surface area contributed by atoms with Gasteiger partial charge in [0.2, 0.25) is 5.91 Å². The van der Waals surface area contributed by atoms with E-state index in [1.807, 2.05) is 13.0 Å². The second kappa shape index (κ2) is 9.71. The molecular formula is C21H21N3O5S2. The number of carbonyl (C=O) groups is 2. The van der Waals surface area contributed by atoms with Gasteiger partial charge in [-0.15, -0.1) is 11.3 Å². The molecule has 8 nitrogen and oxygen atoms in total. The van der Waals surface area contributed by atoms with E-state index in [-0.39, 0.29) is 34.6 Å². The van der Waals surface area contributed by atoms with Crippen LogP contribution in [-0.2, 0) is 14.8 Å². The van der Waals surface area contributed by atoms with E-state index < -0.39 is 10.0 Å². The number of methoxy groups -OCH3 is 1. The summed E-state index contributed by atoms with van der Waals surface area (Å²) in [6.07, 6.45) is 1.51. The van der Waals surface area contributed by atoms with Crippen LogP contribution in [0.5, 0.6) is 5.75 Å². The highest BCUT2D eigenvalue weighted by Gasteiger charge is 2.17. The molecule has 3 rings (SSSR count). The van der Waals surface area contributed by atoms with E-state index >= 15 is 0 Å². The largest absolute Gasteiger partial charge is 0.496 e. The molecule has 162 valence electrons. The number of amides is 1. The van der Waals surface area contributed by atoms with Crippen molar-refractivity contribution in [3.8, 4) is 5.75 Å². The van der Waals surface area contributed by atoms with Gasteiger partial charge in [-0.3, -0.25) is 14.3 Å². The SMILES string of the molecule is COc1ccc(C)cc1C(=O)CCC(=O)Nc1ccc(S(=O)(=O)Nc2nccs2)cc1. The molecule has 0 saturated carbocycles. The van der Waals surface area contributed by atoms with Crippen molar-refractivity contribution in [1.29, 1.82) is 0 Å². The molecule has 1 heterocycles. The molecule has 10 heteroatoms. The first-order valence-electron chi connectivity index (χ1n) is 9.28. The Hall–Kier alpha value is -3.24. The molecule has 0 aliphatic carbocycles. The molecule has 0 spiro atoms. The highest BCUT2D eigenvalue weighted by molar-refractivity contribution is 7.93. The Morgan fingerprint density at radius 1 is 1.10 bits per heavy atom. The van der Waals surface area contributed by atoms with Crippen LogP contribution in [0.2, 0.25) is 0 Å². The van der Waals surface area contributed by atoms with Crippen LogP contribution < -0.4 is 14.8 Å². The number of ether oxygens (including phenoxy) is 1. The van der Waals surface area contributed by atoms with E-state index in [9.17, 15) is 18.0 Å². The average Bonchev–Trinajstić information content (AvgIpc) is 3.24. The summed E-state index contributed by atoms with van der Waals surface area (Å²) in [6.45, 7) is 1.87. The van der Waals surface area contributed by atoms with Gasteiger partial charge in [-0.1, -0.05) is 11.6 Å². The predicted molar refractivity (Wildman–Crippen MR) is 119 cm³/mol. The van der Waals surface area contributed by atoms with Crippen LogP contribution in [0, 0.1) is 6.92 Å². The Labute approximate surface area is 184 Å². The van der Waals surface area contributed by atoms with E-state index in [4.69, 9.17) is 4.74 Å². The number of Topliss-reactive ketones (excluding diaryl/α,β-unsaturated/α-hetero) is 1. The Balaban J connectivity index is 1.57. The van der Waals surface area contributed by atoms with Crippen LogP contribution >= 0.6 is 11.3 Å². The smallest absolute Gasteiger partial charge is 0.263 e. The number of nitrogens with one attached hydrogen (secondary N) is 2. The van der Waals surface area contributed by atoms with Crippen molar-refractivity contribution in [1.82, 2.24) is 4.98 Å². The molecule has 1 aromatic heterocycles. The fourth-order valence-electron chi connectivity index (χ4n) is 2.79. The van der Waals surface area contributed by atoms with Crippen LogP contribution in [0.25, 0.3) is 0 Å². The number of nitrogens with zero attached hydrogens (tertiary/aromatic N) is 1. The van der Waals surface area contributed by atoms with Gasteiger partial charge in [-0.2, -0.15) is 0 Å². The van der Waals surface area contributed by atoms with Crippen molar-refractivity contribution >= 4 is 43.9 Å². The number of aromatic nitrogens is 1. The van der Waals surface area contributed by atoms with Gasteiger partial charge >= 0.3 is 0 Å². The lowest BCUT2D eigenvalue weighted by molar-refractivity contribution is -0.116. The topological polar surface area (TPSA) is 114 Å². The number of rotatable bonds is 9. The second-order valence-electron chi connectivity index (χ2n) is 6.64. The number of aryl methyl sites for hydroxylation is 1. The van der Waals surface area contributed by atoms with Gasteiger partial charge < -0.3 is 10.1 Å². The quantitative estimate of drug-likeness (QED) is 0.470. The number of hydrogen-bond acceptors (Lipinski definition) is 7. The van der Waals surface area contributed by atoms with Gasteiger partial charge in [-0.05, 0) is 43.3 Å². The van der Waals surface area contributed by atoms with Crippen LogP contribution in [0.15, 0.2) is 58.9 Å². The van der Waals surface area contributed by atoms with E-state index in [2.05, 4.69) is 15.0 Å². The summed E-state index contributed by atoms with van der Waals surface area (Å²) in [7, 11) is -2.27. The highest BCUT2D eigenvalue weighted by Crippen LogP contribution is 2.22. The first-order chi connectivity index (χ1) is 14.8. The van der Waals surface area contributed by atoms with Gasteiger partial charge in [0.1, 0.15) is 5.75 Å². The maximum absolute atomic E-state index is 12.5. The number of ketones is 1. The highest BCUT2D eigenvalue weighted by atomic mass is 32.2. The van der Waals surface area contributed by atoms with Crippen molar-refractivity contribution in [3.05, 3.63) is 65.2 Å². The standard InChI is InChI=1S/C21H21N3O5S2/c1-14-3-9-19(29-2)17(13-14)18(25)8-10-20(26)23-15-4-6-16(7-5-15)31(27,28)24-21-22-11-12-30-21/h3-7,9,11-13H,8,10H2,1-2H3,(H,22,24)(H,23,26). The third-order valence-corrected chi connectivity index (χ3v) is 6.51. The zero-order valence-corrected chi connectivity index (χ0v) is 18.5. The minimum Gasteiger partial charge on any atom is -0.496 e. The number of hydrogen-bond donors (Lipinski definition) is 2. The van der Waals surface area contributed by atoms with Crippen molar-refractivity contribution in [3.63, 3.8) is 0 Å². The van der Waals surface area contributed by atoms with Gasteiger partial charge in [0, 0.05) is 30.1 Å². The molecule has 3 aromatic rings. The monoisotopic (exact) mass is 459 g/mol. The first-order valence-corrected chi connectivity index (χ1v) is 11.6. The van der Waals surface area contributed by atoms with Crippen LogP contribution in [0.3, 0.4) is 0 Å². The number of thiazole rings is 1. The number of carbonyl (C=O) groups excluding carboxylic acids is 2. The van der Waals surface area contributed by atoms with E-state index in [0.717, 1.165) is 5.56 Å². The molecule has 2 N–H and O–H groups in total. The predicted octanol–water partition coefficient (Wildman–Crippen LogP) is 3.86. The van der Waals surface area contributed by atoms with E-state index in [1.165, 1.54) is 48.9 Å². The van der Waals surface area contributed by atoms with Gasteiger partial charge in [0.15, 0.2) is 10.9 Å². The lowest BCUT2D eigenvalue weighted by atomic mass is 10.0. The Morgan fingerprint density at radius 3 is 2.48 bits per heavy atom. The van der Waals surface area contributed by atoms with Crippen molar-refractivity contribution in [2.75, 3.05) is 17.1 Å². The summed E-state index contributed by atoms with van der Waals surface area (Å²) >= 11 is 1.17. The van der Waals surface area contributed by atoms with E-state index in [0.29, 0.717) is 17.0 Å². The number of sulfonamides is 1. The third-order valence-electron chi connectivity index (χ3n) is 4.34. The average molecular weight is 460 g/mol. The molecule has 0 bridgehead atoms. The third kappa shape index (κ3) is 5.89. The molecule has 0 unspecified atom stereocenters. The number of benzene rings is 2. The summed E-state index contributed by atoms with van der Waals surface area (Å²) in [6, 6.07) is 11.0. The normalized spacial score (nSPS) is 11.0. The van der Waals surface area contributed by atoms with Gasteiger partial charge in [-0.25, -0.2) is 13.4 Å². The zero-order valence-electron chi connectivity index (χ0n) is 16.9. The molecule has 1 amide bonds. The fourth-order valence-corrected chi connectivity index (χ4v) is 4.58. The Morgan fingerprint density at radius 2 is 1.84 bits per heavy atom. The first kappa shape index (κ1) is 22.4. The fraction of sp³-hybridized carbons (Fsp3) is 0.190. The molecule has 0 fully saturated rings. The minimum absolute atomic E-state index is 0.0123. The molecule has 2 aromatic carbocycles. The minimum atomic E-state index is -3.76. The molecule has 0 aliphatic heterocycles. The van der Waals surface area contributed by atoms with Gasteiger partial charge in [0.25, 0.3) is 10.0 Å². The summed E-state index contributed by atoms with van der Waals surface area (Å²) in [5.74, 6) is -0.0685. The van der Waals surface area contributed by atoms with Crippen molar-refractivity contribution in [2.24, 2.45) is 0 Å². The van der Waals surface area contributed by atoms with Gasteiger partial charge in [0.05, 0.1) is 17.6 Å². The maximum atomic E-state index is 12.5. The van der Waals surface area contributed by atoms with Crippen LogP contribution in [0.1, 0.15) is 28.8 Å². The molecule has 31 heavy (non-hydrogen) atoms. The lowest BCUT2D eigenvalue weighted by Gasteiger charge is -2.09. The molecular weight excluding hydrogens is 438 g/mol. The summed E-state index contributed by atoms with van der Waals surface area (Å²) in [5.41, 5.74) is 1.80. The maximum Gasteiger partial charge on any atom is 0.263 e. The lowest BCUT2D eigenvalue weighted by Crippen LogP contribution is -2.15. The Kier molecular flexibility index (Phi) is 7.03. The van der Waals surface area contributed by atoms with Crippen molar-refractivity contribution < 1.29 is 22.7 Å². The molecule has 0 saturated heterocycles. The second-order valence-corrected chi connectivity index (χ2v) is 9.22. The van der Waals surface area contributed by atoms with Crippen molar-refractivity contribution in [2.45, 2.75) is 24.7 Å². The van der Waals surface area contributed by atoms with Crippen LogP contribution in [0.4, 0.5) is 10.8 Å². The molecule has 0 atom stereocenters.